The van der Waals surface area contributed by atoms with Crippen molar-refractivity contribution in [3.8, 4) is 11.5 Å². The van der Waals surface area contributed by atoms with Gasteiger partial charge in [0, 0.05) is 12.6 Å². The Kier molecular flexibility index (Phi) is 7.18. The van der Waals surface area contributed by atoms with Crippen LogP contribution < -0.4 is 9.47 Å². The van der Waals surface area contributed by atoms with Gasteiger partial charge in [0.1, 0.15) is 11.4 Å². The molecule has 0 N–H and O–H groups in total. The van der Waals surface area contributed by atoms with Crippen molar-refractivity contribution in [1.82, 2.24) is 9.38 Å². The lowest BCUT2D eigenvalue weighted by molar-refractivity contribution is -0.158. The molecule has 1 aromatic carbocycles. The van der Waals surface area contributed by atoms with E-state index in [1.807, 2.05) is 50.4 Å². The highest BCUT2D eigenvalue weighted by atomic mass is 16.6. The third kappa shape index (κ3) is 5.10. The van der Waals surface area contributed by atoms with Crippen LogP contribution in [-0.4, -0.2) is 40.0 Å². The molecule has 2 heterocycles. The highest BCUT2D eigenvalue weighted by molar-refractivity contribution is 5.96. The first kappa shape index (κ1) is 23.3. The van der Waals surface area contributed by atoms with Crippen LogP contribution in [0, 0.1) is 6.92 Å². The zero-order valence-corrected chi connectivity index (χ0v) is 19.3. The minimum Gasteiger partial charge on any atom is -0.490 e. The van der Waals surface area contributed by atoms with Gasteiger partial charge >= 0.3 is 5.97 Å². The molecule has 2 aromatic heterocycles. The summed E-state index contributed by atoms with van der Waals surface area (Å²) in [7, 11) is 0. The molecule has 0 fully saturated rings. The molecule has 0 spiro atoms. The van der Waals surface area contributed by atoms with E-state index in [1.165, 1.54) is 0 Å². The maximum absolute atomic E-state index is 13.1. The van der Waals surface area contributed by atoms with Gasteiger partial charge in [-0.2, -0.15) is 0 Å². The number of Topliss-reactive ketones (excluding diaryl/α,β-unsaturated/α-hetero) is 1. The zero-order valence-electron chi connectivity index (χ0n) is 19.3. The molecular formula is C25H30N2O5. The molecule has 32 heavy (non-hydrogen) atoms. The van der Waals surface area contributed by atoms with Crippen LogP contribution >= 0.6 is 0 Å². The molecule has 0 radical (unpaired) electrons. The Balaban J connectivity index is 1.73. The summed E-state index contributed by atoms with van der Waals surface area (Å²) >= 11 is 0. The predicted molar refractivity (Wildman–Crippen MR) is 122 cm³/mol. The maximum atomic E-state index is 13.1. The fraction of sp³-hybridized carbons (Fsp3) is 0.400. The van der Waals surface area contributed by atoms with Crippen molar-refractivity contribution in [2.45, 2.75) is 53.1 Å². The van der Waals surface area contributed by atoms with Crippen LogP contribution in [0.5, 0.6) is 11.5 Å². The van der Waals surface area contributed by atoms with Gasteiger partial charge in [-0.1, -0.05) is 12.1 Å². The van der Waals surface area contributed by atoms with Crippen molar-refractivity contribution in [2.75, 3.05) is 13.2 Å². The number of imidazole rings is 1. The Morgan fingerprint density at radius 2 is 1.88 bits per heavy atom. The van der Waals surface area contributed by atoms with Gasteiger partial charge in [0.05, 0.1) is 18.9 Å². The molecule has 3 aromatic rings. The number of aromatic nitrogens is 2. The first-order valence-corrected chi connectivity index (χ1v) is 10.9. The van der Waals surface area contributed by atoms with Crippen molar-refractivity contribution in [1.29, 1.82) is 0 Å². The average molecular weight is 439 g/mol. The molecular weight excluding hydrogens is 408 g/mol. The Morgan fingerprint density at radius 3 is 2.59 bits per heavy atom. The van der Waals surface area contributed by atoms with Gasteiger partial charge in [0.2, 0.25) is 0 Å². The Labute approximate surface area is 188 Å². The maximum Gasteiger partial charge on any atom is 0.349 e. The quantitative estimate of drug-likeness (QED) is 0.341. The lowest BCUT2D eigenvalue weighted by Crippen LogP contribution is -2.39. The van der Waals surface area contributed by atoms with E-state index in [-0.39, 0.29) is 5.78 Å². The summed E-state index contributed by atoms with van der Waals surface area (Å²) in [4.78, 5) is 29.7. The average Bonchev–Trinajstić information content (AvgIpc) is 3.09. The number of esters is 1. The van der Waals surface area contributed by atoms with Crippen LogP contribution in [-0.2, 0) is 16.0 Å². The van der Waals surface area contributed by atoms with Crippen LogP contribution in [0.4, 0.5) is 0 Å². The second-order valence-electron chi connectivity index (χ2n) is 7.95. The molecule has 0 saturated carbocycles. The molecule has 0 aliphatic heterocycles. The van der Waals surface area contributed by atoms with Crippen molar-refractivity contribution < 1.29 is 23.8 Å². The van der Waals surface area contributed by atoms with Gasteiger partial charge < -0.3 is 14.2 Å². The molecule has 0 saturated heterocycles. The number of aryl methyl sites for hydroxylation is 2. The Hall–Kier alpha value is -3.35. The van der Waals surface area contributed by atoms with Crippen molar-refractivity contribution in [2.24, 2.45) is 0 Å². The van der Waals surface area contributed by atoms with E-state index in [2.05, 4.69) is 4.98 Å². The SMILES string of the molecule is CCOC(=O)C(C)(C)Oc1cccc(CCC(=O)c2c(C)nc3c(OCC)cccn23)c1. The number of hydrogen-bond acceptors (Lipinski definition) is 6. The number of carbonyl (C=O) groups is 2. The van der Waals surface area contributed by atoms with E-state index in [0.717, 1.165) is 5.56 Å². The number of carbonyl (C=O) groups excluding carboxylic acids is 2. The molecule has 170 valence electrons. The molecule has 0 aliphatic rings. The molecule has 0 amide bonds. The molecule has 7 heteroatoms. The van der Waals surface area contributed by atoms with Gasteiger partial charge in [-0.15, -0.1) is 0 Å². The van der Waals surface area contributed by atoms with Crippen LogP contribution in [0.2, 0.25) is 0 Å². The topological polar surface area (TPSA) is 79.1 Å². The molecule has 7 nitrogen and oxygen atoms in total. The van der Waals surface area contributed by atoms with Crippen LogP contribution in [0.15, 0.2) is 42.6 Å². The summed E-state index contributed by atoms with van der Waals surface area (Å²) in [5.41, 5.74) is 1.73. The van der Waals surface area contributed by atoms with Crippen LogP contribution in [0.25, 0.3) is 5.65 Å². The van der Waals surface area contributed by atoms with Gasteiger partial charge in [0.15, 0.2) is 22.8 Å². The summed E-state index contributed by atoms with van der Waals surface area (Å²) in [5, 5.41) is 0. The van der Waals surface area contributed by atoms with Gasteiger partial charge in [-0.05, 0) is 70.9 Å². The van der Waals surface area contributed by atoms with E-state index < -0.39 is 11.6 Å². The summed E-state index contributed by atoms with van der Waals surface area (Å²) in [6.07, 6.45) is 2.68. The Bertz CT molecular complexity index is 1120. The number of benzene rings is 1. The highest BCUT2D eigenvalue weighted by Gasteiger charge is 2.31. The third-order valence-corrected chi connectivity index (χ3v) is 5.03. The van der Waals surface area contributed by atoms with Gasteiger partial charge in [-0.25, -0.2) is 9.78 Å². The van der Waals surface area contributed by atoms with Crippen LogP contribution in [0.3, 0.4) is 0 Å². The van der Waals surface area contributed by atoms with E-state index >= 15 is 0 Å². The molecule has 0 unspecified atom stereocenters. The number of fused-ring (bicyclic) bond motifs is 1. The standard InChI is InChI=1S/C25H30N2O5/c1-6-30-21-12-9-15-27-22(17(3)26-23(21)27)20(28)14-13-18-10-8-11-19(16-18)32-25(4,5)24(29)31-7-2/h8-12,15-16H,6-7,13-14H2,1-5H3. The van der Waals surface area contributed by atoms with E-state index in [1.54, 1.807) is 31.2 Å². The fourth-order valence-corrected chi connectivity index (χ4v) is 3.54. The summed E-state index contributed by atoms with van der Waals surface area (Å²) in [5.74, 6) is 0.795. The summed E-state index contributed by atoms with van der Waals surface area (Å²) < 4.78 is 18.4. The zero-order chi connectivity index (χ0) is 23.3. The Morgan fingerprint density at radius 1 is 1.09 bits per heavy atom. The van der Waals surface area contributed by atoms with E-state index in [4.69, 9.17) is 14.2 Å². The minimum absolute atomic E-state index is 0.00169. The van der Waals surface area contributed by atoms with Gasteiger partial charge in [-0.3, -0.25) is 9.20 Å². The smallest absolute Gasteiger partial charge is 0.349 e. The first-order valence-electron chi connectivity index (χ1n) is 10.9. The second kappa shape index (κ2) is 9.85. The third-order valence-electron chi connectivity index (χ3n) is 5.03. The minimum atomic E-state index is -1.10. The number of rotatable bonds is 10. The largest absolute Gasteiger partial charge is 0.490 e. The lowest BCUT2D eigenvalue weighted by Gasteiger charge is -2.24. The summed E-state index contributed by atoms with van der Waals surface area (Å²) in [6.45, 7) is 9.67. The van der Waals surface area contributed by atoms with Crippen molar-refractivity contribution >= 4 is 17.4 Å². The number of ketones is 1. The number of pyridine rings is 1. The van der Waals surface area contributed by atoms with Crippen molar-refractivity contribution in [3.63, 3.8) is 0 Å². The number of nitrogens with zero attached hydrogens (tertiary/aromatic N) is 2. The monoisotopic (exact) mass is 438 g/mol. The normalized spacial score (nSPS) is 11.4. The predicted octanol–water partition coefficient (Wildman–Crippen LogP) is 4.58. The van der Waals surface area contributed by atoms with Gasteiger partial charge in [0.25, 0.3) is 0 Å². The fourth-order valence-electron chi connectivity index (χ4n) is 3.54. The summed E-state index contributed by atoms with van der Waals surface area (Å²) in [6, 6.07) is 11.1. The highest BCUT2D eigenvalue weighted by Crippen LogP contribution is 2.25. The van der Waals surface area contributed by atoms with E-state index in [0.29, 0.717) is 54.6 Å². The molecule has 0 bridgehead atoms. The second-order valence-corrected chi connectivity index (χ2v) is 7.95. The van der Waals surface area contributed by atoms with Crippen molar-refractivity contribution in [3.05, 3.63) is 59.5 Å². The molecule has 3 rings (SSSR count). The van der Waals surface area contributed by atoms with E-state index in [9.17, 15) is 9.59 Å². The lowest BCUT2D eigenvalue weighted by atomic mass is 10.0. The molecule has 0 aliphatic carbocycles. The first-order chi connectivity index (χ1) is 15.3. The van der Waals surface area contributed by atoms with Crippen LogP contribution in [0.1, 0.15) is 55.9 Å². The number of hydrogen-bond donors (Lipinski definition) is 0. The molecule has 0 atom stereocenters. The number of ether oxygens (including phenoxy) is 3.